The van der Waals surface area contributed by atoms with Crippen molar-refractivity contribution >= 4 is 28.9 Å². The normalized spacial score (nSPS) is 18.3. The van der Waals surface area contributed by atoms with Gasteiger partial charge < -0.3 is 20.5 Å². The van der Waals surface area contributed by atoms with Gasteiger partial charge >= 0.3 is 6.18 Å². The Morgan fingerprint density at radius 1 is 1.27 bits per heavy atom. The Morgan fingerprint density at radius 3 is 2.64 bits per heavy atom. The van der Waals surface area contributed by atoms with Crippen molar-refractivity contribution in [3.05, 3.63) is 46.5 Å². The Hall–Kier alpha value is -3.57. The van der Waals surface area contributed by atoms with Crippen molar-refractivity contribution in [2.45, 2.75) is 44.9 Å². The summed E-state index contributed by atoms with van der Waals surface area (Å²) in [6.07, 6.45) is -1.16. The van der Waals surface area contributed by atoms with Gasteiger partial charge in [-0.1, -0.05) is 0 Å². The fraction of sp³-hybridized carbons (Fsp3) is 0.429. The summed E-state index contributed by atoms with van der Waals surface area (Å²) in [7, 11) is 1.65. The number of carbonyl (C=O) groups excluding carboxylic acids is 1. The van der Waals surface area contributed by atoms with Crippen LogP contribution in [0.3, 0.4) is 0 Å². The summed E-state index contributed by atoms with van der Waals surface area (Å²) in [4.78, 5) is 29.9. The molecule has 33 heavy (non-hydrogen) atoms. The monoisotopic (exact) mass is 463 g/mol. The van der Waals surface area contributed by atoms with Gasteiger partial charge in [-0.05, 0) is 38.8 Å². The van der Waals surface area contributed by atoms with Crippen LogP contribution in [0, 0.1) is 5.92 Å². The molecule has 1 aliphatic carbocycles. The smallest absolute Gasteiger partial charge is 0.373 e. The summed E-state index contributed by atoms with van der Waals surface area (Å²) in [6, 6.07) is 3.94. The molecular formula is C21H24F3N7O2. The highest BCUT2D eigenvalue weighted by atomic mass is 19.4. The molecule has 1 aliphatic rings. The van der Waals surface area contributed by atoms with E-state index in [4.69, 9.17) is 0 Å². The van der Waals surface area contributed by atoms with Crippen LogP contribution in [-0.4, -0.2) is 44.3 Å². The van der Waals surface area contributed by atoms with E-state index in [0.29, 0.717) is 5.82 Å². The largest absolute Gasteiger partial charge is 0.393 e. The molecule has 3 N–H and O–H groups in total. The Labute approximate surface area is 187 Å². The van der Waals surface area contributed by atoms with Crippen LogP contribution in [0.15, 0.2) is 35.4 Å². The number of nitrogens with zero attached hydrogens (tertiary/aromatic N) is 4. The number of hydrogen-bond donors (Lipinski definition) is 3. The van der Waals surface area contributed by atoms with Gasteiger partial charge in [0, 0.05) is 31.4 Å². The van der Waals surface area contributed by atoms with Crippen molar-refractivity contribution in [1.29, 1.82) is 0 Å². The topological polar surface area (TPSA) is 105 Å². The molecule has 0 radical (unpaired) electrons. The van der Waals surface area contributed by atoms with Crippen molar-refractivity contribution in [2.75, 3.05) is 17.7 Å². The molecule has 4 rings (SSSR count). The molecule has 0 aliphatic heterocycles. The van der Waals surface area contributed by atoms with E-state index in [1.807, 2.05) is 13.8 Å². The summed E-state index contributed by atoms with van der Waals surface area (Å²) in [5, 5.41) is 12.5. The number of rotatable bonds is 6. The number of pyridine rings is 1. The first-order valence-electron chi connectivity index (χ1n) is 10.5. The maximum absolute atomic E-state index is 13.0. The van der Waals surface area contributed by atoms with Crippen LogP contribution in [0.25, 0.3) is 5.65 Å². The molecule has 176 valence electrons. The molecule has 0 aromatic carbocycles. The van der Waals surface area contributed by atoms with Crippen LogP contribution in [0.5, 0.6) is 0 Å². The number of aromatic nitrogens is 4. The second kappa shape index (κ2) is 8.41. The van der Waals surface area contributed by atoms with E-state index in [1.165, 1.54) is 10.7 Å². The first kappa shape index (κ1) is 22.6. The summed E-state index contributed by atoms with van der Waals surface area (Å²) in [6.45, 7) is 3.77. The predicted octanol–water partition coefficient (Wildman–Crippen LogP) is 3.33. The van der Waals surface area contributed by atoms with Gasteiger partial charge in [-0.2, -0.15) is 22.8 Å². The summed E-state index contributed by atoms with van der Waals surface area (Å²) in [5.74, 6) is -1.49. The first-order valence-corrected chi connectivity index (χ1v) is 10.5. The van der Waals surface area contributed by atoms with Crippen LogP contribution < -0.4 is 21.5 Å². The summed E-state index contributed by atoms with van der Waals surface area (Å²) < 4.78 is 42.1. The molecule has 9 nitrogen and oxygen atoms in total. The van der Waals surface area contributed by atoms with Crippen molar-refractivity contribution in [1.82, 2.24) is 24.5 Å². The highest BCUT2D eigenvalue weighted by Gasteiger charge is 2.50. The number of fused-ring (bicyclic) bond motifs is 1. The van der Waals surface area contributed by atoms with Crippen molar-refractivity contribution < 1.29 is 18.0 Å². The minimum atomic E-state index is -4.36. The van der Waals surface area contributed by atoms with Gasteiger partial charge in [-0.3, -0.25) is 9.59 Å². The lowest BCUT2D eigenvalue weighted by atomic mass is 9.79. The Bertz CT molecular complexity index is 1250. The van der Waals surface area contributed by atoms with E-state index in [0.717, 1.165) is 0 Å². The van der Waals surface area contributed by atoms with Crippen LogP contribution in [0.1, 0.15) is 43.1 Å². The molecule has 3 aromatic heterocycles. The second-order valence-electron chi connectivity index (χ2n) is 8.23. The molecule has 3 heterocycles. The molecule has 12 heteroatoms. The lowest BCUT2D eigenvalue weighted by molar-refractivity contribution is -0.201. The minimum Gasteiger partial charge on any atom is -0.373 e. The zero-order valence-corrected chi connectivity index (χ0v) is 18.3. The Balaban J connectivity index is 1.66. The number of carbonyl (C=O) groups is 1. The third-order valence-electron chi connectivity index (χ3n) is 5.78. The lowest BCUT2D eigenvalue weighted by Gasteiger charge is -2.38. The Morgan fingerprint density at radius 2 is 2.03 bits per heavy atom. The van der Waals surface area contributed by atoms with Crippen molar-refractivity contribution in [2.24, 2.45) is 5.92 Å². The average Bonchev–Trinajstić information content (AvgIpc) is 3.14. The molecule has 1 saturated carbocycles. The fourth-order valence-corrected chi connectivity index (χ4v) is 3.83. The minimum absolute atomic E-state index is 0.00952. The van der Waals surface area contributed by atoms with E-state index >= 15 is 0 Å². The van der Waals surface area contributed by atoms with Gasteiger partial charge in [-0.15, -0.1) is 0 Å². The van der Waals surface area contributed by atoms with Crippen LogP contribution in [0.2, 0.25) is 0 Å². The third kappa shape index (κ3) is 4.24. The number of nitrogens with one attached hydrogen (secondary N) is 3. The number of amides is 1. The summed E-state index contributed by atoms with van der Waals surface area (Å²) in [5.41, 5.74) is 0.230. The molecule has 3 aromatic rings. The van der Waals surface area contributed by atoms with E-state index in [9.17, 15) is 22.8 Å². The molecule has 2 atom stereocenters. The van der Waals surface area contributed by atoms with E-state index in [-0.39, 0.29) is 47.2 Å². The quantitative estimate of drug-likeness (QED) is 0.518. The van der Waals surface area contributed by atoms with Crippen LogP contribution in [0.4, 0.5) is 30.5 Å². The van der Waals surface area contributed by atoms with Gasteiger partial charge in [0.2, 0.25) is 0 Å². The van der Waals surface area contributed by atoms with Crippen molar-refractivity contribution in [3.8, 4) is 0 Å². The molecular weight excluding hydrogens is 439 g/mol. The predicted molar refractivity (Wildman–Crippen MR) is 117 cm³/mol. The number of halogens is 3. The van der Waals surface area contributed by atoms with Gasteiger partial charge in [0.1, 0.15) is 22.9 Å². The zero-order valence-electron chi connectivity index (χ0n) is 18.3. The number of alkyl halides is 3. The fourth-order valence-electron chi connectivity index (χ4n) is 3.83. The molecule has 0 spiro atoms. The average molecular weight is 463 g/mol. The van der Waals surface area contributed by atoms with E-state index in [1.54, 1.807) is 36.0 Å². The second-order valence-corrected chi connectivity index (χ2v) is 8.23. The molecule has 0 saturated heterocycles. The lowest BCUT2D eigenvalue weighted by Crippen LogP contribution is -2.52. The van der Waals surface area contributed by atoms with Crippen LogP contribution >= 0.6 is 0 Å². The van der Waals surface area contributed by atoms with Crippen LogP contribution in [-0.2, 0) is 0 Å². The molecule has 0 bridgehead atoms. The van der Waals surface area contributed by atoms with Gasteiger partial charge in [-0.25, -0.2) is 4.98 Å². The SMILES string of the molecule is CNc1cc(Nc2cccn(C(C)C)c2=O)nc2c(C(=O)N[C@H]3CC[C@H]3C(F)(F)F)cnn12. The third-order valence-corrected chi connectivity index (χ3v) is 5.78. The molecule has 1 amide bonds. The number of anilines is 3. The maximum atomic E-state index is 13.0. The van der Waals surface area contributed by atoms with E-state index in [2.05, 4.69) is 26.0 Å². The highest BCUT2D eigenvalue weighted by Crippen LogP contribution is 2.41. The first-order chi connectivity index (χ1) is 15.6. The highest BCUT2D eigenvalue weighted by molar-refractivity contribution is 6.00. The zero-order chi connectivity index (χ0) is 23.9. The molecule has 1 fully saturated rings. The van der Waals surface area contributed by atoms with Gasteiger partial charge in [0.05, 0.1) is 12.1 Å². The molecule has 0 unspecified atom stereocenters. The van der Waals surface area contributed by atoms with Gasteiger partial charge in [0.15, 0.2) is 5.65 Å². The number of hydrogen-bond acceptors (Lipinski definition) is 6. The van der Waals surface area contributed by atoms with E-state index < -0.39 is 24.0 Å². The summed E-state index contributed by atoms with van der Waals surface area (Å²) >= 11 is 0. The van der Waals surface area contributed by atoms with Gasteiger partial charge in [0.25, 0.3) is 11.5 Å². The standard InChI is InChI=1S/C21H24F3N7O2/c1-11(2)30-8-4-5-15(20(30)33)27-16-9-17(25-3)31-18(29-16)12(10-26-31)19(32)28-14-7-6-13(14)21(22,23)24/h4-5,8-11,13-14,25H,6-7H2,1-3H3,(H,27,29)(H,28,32)/t13-,14+/m1/s1. The van der Waals surface area contributed by atoms with Crippen molar-refractivity contribution in [3.63, 3.8) is 0 Å². The Kier molecular flexibility index (Phi) is 5.76. The maximum Gasteiger partial charge on any atom is 0.393 e.